The van der Waals surface area contributed by atoms with Gasteiger partial charge in [0.2, 0.25) is 11.8 Å². The van der Waals surface area contributed by atoms with Crippen LogP contribution >= 0.6 is 0 Å². The van der Waals surface area contributed by atoms with Crippen LogP contribution in [0, 0.1) is 0 Å². The van der Waals surface area contributed by atoms with Crippen molar-refractivity contribution in [2.75, 3.05) is 6.54 Å². The summed E-state index contributed by atoms with van der Waals surface area (Å²) in [5.74, 6) is -0.0950. The summed E-state index contributed by atoms with van der Waals surface area (Å²) in [4.78, 5) is 25.9. The molecule has 4 nitrogen and oxygen atoms in total. The molecular formula is C14H18N2O2. The minimum Gasteiger partial charge on any atom is -0.340 e. The molecule has 0 aliphatic carbocycles. The average Bonchev–Trinajstić information content (AvgIpc) is 2.50. The summed E-state index contributed by atoms with van der Waals surface area (Å²) in [6, 6.07) is 8.94. The minimum absolute atomic E-state index is 0.0259. The maximum atomic E-state index is 12.4. The number of hydrogen-bond donors (Lipinski definition) is 1. The second-order valence-electron chi connectivity index (χ2n) is 4.79. The van der Waals surface area contributed by atoms with Crippen molar-refractivity contribution >= 4 is 11.8 Å². The lowest BCUT2D eigenvalue weighted by Gasteiger charge is -2.27. The number of nitrogens with one attached hydrogen (secondary N) is 1. The van der Waals surface area contributed by atoms with Gasteiger partial charge in [-0.25, -0.2) is 0 Å². The van der Waals surface area contributed by atoms with Gasteiger partial charge in [-0.05, 0) is 19.4 Å². The number of carbonyl (C=O) groups excluding carboxylic acids is 2. The molecular weight excluding hydrogens is 228 g/mol. The molecule has 0 spiro atoms. The van der Waals surface area contributed by atoms with E-state index in [0.717, 1.165) is 5.56 Å². The Morgan fingerprint density at radius 2 is 1.89 bits per heavy atom. The molecule has 1 fully saturated rings. The molecule has 1 heterocycles. The third kappa shape index (κ3) is 2.53. The van der Waals surface area contributed by atoms with Crippen molar-refractivity contribution in [2.24, 2.45) is 0 Å². The molecule has 2 rings (SSSR count). The highest BCUT2D eigenvalue weighted by Crippen LogP contribution is 2.20. The van der Waals surface area contributed by atoms with Crippen LogP contribution in [-0.2, 0) is 9.59 Å². The molecule has 0 radical (unpaired) electrons. The number of hydrogen-bond acceptors (Lipinski definition) is 2. The van der Waals surface area contributed by atoms with E-state index in [4.69, 9.17) is 0 Å². The largest absolute Gasteiger partial charge is 0.340 e. The molecule has 96 valence electrons. The lowest BCUT2D eigenvalue weighted by molar-refractivity contribution is -0.135. The Bertz CT molecular complexity index is 442. The van der Waals surface area contributed by atoms with E-state index in [0.29, 0.717) is 13.0 Å². The Balaban J connectivity index is 2.31. The molecule has 1 atom stereocenters. The van der Waals surface area contributed by atoms with Gasteiger partial charge in [0.1, 0.15) is 6.04 Å². The predicted molar refractivity (Wildman–Crippen MR) is 68.8 cm³/mol. The molecule has 1 saturated heterocycles. The monoisotopic (exact) mass is 246 g/mol. The molecule has 1 aromatic rings. The smallest absolute Gasteiger partial charge is 0.250 e. The molecule has 0 aromatic heterocycles. The van der Waals surface area contributed by atoms with Gasteiger partial charge in [0.25, 0.3) is 0 Å². The Morgan fingerprint density at radius 1 is 1.22 bits per heavy atom. The molecule has 0 saturated carbocycles. The first-order chi connectivity index (χ1) is 8.59. The topological polar surface area (TPSA) is 49.4 Å². The number of carbonyl (C=O) groups is 2. The zero-order valence-electron chi connectivity index (χ0n) is 10.7. The Hall–Kier alpha value is -1.84. The summed E-state index contributed by atoms with van der Waals surface area (Å²) in [5, 5.41) is 2.80. The van der Waals surface area contributed by atoms with Gasteiger partial charge in [-0.15, -0.1) is 0 Å². The van der Waals surface area contributed by atoms with E-state index in [1.54, 1.807) is 4.90 Å². The van der Waals surface area contributed by atoms with Gasteiger partial charge in [0, 0.05) is 19.0 Å². The van der Waals surface area contributed by atoms with Crippen molar-refractivity contribution in [3.8, 4) is 0 Å². The van der Waals surface area contributed by atoms with Crippen molar-refractivity contribution in [1.82, 2.24) is 10.2 Å². The maximum Gasteiger partial charge on any atom is 0.250 e. The molecule has 0 bridgehead atoms. The highest BCUT2D eigenvalue weighted by molar-refractivity contribution is 5.91. The van der Waals surface area contributed by atoms with Crippen LogP contribution < -0.4 is 5.32 Å². The SMILES string of the molecule is CC(C)N1CCC(=O)NC(c2ccccc2)C1=O. The van der Waals surface area contributed by atoms with Crippen LogP contribution in [0.5, 0.6) is 0 Å². The quantitative estimate of drug-likeness (QED) is 0.859. The molecule has 4 heteroatoms. The van der Waals surface area contributed by atoms with Crippen LogP contribution in [0.2, 0.25) is 0 Å². The molecule has 1 aromatic carbocycles. The summed E-state index contributed by atoms with van der Waals surface area (Å²) in [6.45, 7) is 4.43. The lowest BCUT2D eigenvalue weighted by atomic mass is 10.1. The number of nitrogens with zero attached hydrogens (tertiary/aromatic N) is 1. The van der Waals surface area contributed by atoms with Gasteiger partial charge in [0.15, 0.2) is 0 Å². The van der Waals surface area contributed by atoms with E-state index in [1.165, 1.54) is 0 Å². The van der Waals surface area contributed by atoms with Crippen molar-refractivity contribution in [3.05, 3.63) is 35.9 Å². The third-order valence-corrected chi connectivity index (χ3v) is 3.17. The van der Waals surface area contributed by atoms with Crippen LogP contribution in [0.4, 0.5) is 0 Å². The van der Waals surface area contributed by atoms with Crippen molar-refractivity contribution < 1.29 is 9.59 Å². The van der Waals surface area contributed by atoms with E-state index < -0.39 is 6.04 Å². The first kappa shape index (κ1) is 12.6. The van der Waals surface area contributed by atoms with Crippen molar-refractivity contribution in [1.29, 1.82) is 0 Å². The summed E-state index contributed by atoms with van der Waals surface area (Å²) in [6.07, 6.45) is 0.368. The molecule has 1 N–H and O–H groups in total. The lowest BCUT2D eigenvalue weighted by Crippen LogP contribution is -2.41. The molecule has 2 amide bonds. The van der Waals surface area contributed by atoms with Gasteiger partial charge >= 0.3 is 0 Å². The standard InChI is InChI=1S/C14H18N2O2/c1-10(2)16-9-8-12(17)15-13(14(16)18)11-6-4-3-5-7-11/h3-7,10,13H,8-9H2,1-2H3,(H,15,17). The Labute approximate surface area is 107 Å². The van der Waals surface area contributed by atoms with Gasteiger partial charge in [0.05, 0.1) is 0 Å². The van der Waals surface area contributed by atoms with E-state index in [2.05, 4.69) is 5.32 Å². The minimum atomic E-state index is -0.552. The highest BCUT2D eigenvalue weighted by Gasteiger charge is 2.31. The van der Waals surface area contributed by atoms with Crippen molar-refractivity contribution in [2.45, 2.75) is 32.4 Å². The van der Waals surface area contributed by atoms with Crippen LogP contribution in [0.25, 0.3) is 0 Å². The fourth-order valence-corrected chi connectivity index (χ4v) is 2.18. The second-order valence-corrected chi connectivity index (χ2v) is 4.79. The van der Waals surface area contributed by atoms with Crippen molar-refractivity contribution in [3.63, 3.8) is 0 Å². The van der Waals surface area contributed by atoms with Crippen LogP contribution in [0.15, 0.2) is 30.3 Å². The van der Waals surface area contributed by atoms with Crippen LogP contribution in [0.3, 0.4) is 0 Å². The normalized spacial score (nSPS) is 20.8. The number of benzene rings is 1. The van der Waals surface area contributed by atoms with Gasteiger partial charge in [-0.3, -0.25) is 9.59 Å². The molecule has 18 heavy (non-hydrogen) atoms. The summed E-state index contributed by atoms with van der Waals surface area (Å²) >= 11 is 0. The van der Waals surface area contributed by atoms with Gasteiger partial charge in [-0.1, -0.05) is 30.3 Å². The van der Waals surface area contributed by atoms with E-state index in [1.807, 2.05) is 44.2 Å². The number of amides is 2. The van der Waals surface area contributed by atoms with E-state index in [-0.39, 0.29) is 17.9 Å². The zero-order valence-corrected chi connectivity index (χ0v) is 10.7. The van der Waals surface area contributed by atoms with Crippen LogP contribution in [-0.4, -0.2) is 29.3 Å². The first-order valence-electron chi connectivity index (χ1n) is 6.24. The van der Waals surface area contributed by atoms with Gasteiger partial charge in [-0.2, -0.15) is 0 Å². The molecule has 1 aliphatic rings. The van der Waals surface area contributed by atoms with Gasteiger partial charge < -0.3 is 10.2 Å². The fourth-order valence-electron chi connectivity index (χ4n) is 2.18. The highest BCUT2D eigenvalue weighted by atomic mass is 16.2. The Kier molecular flexibility index (Phi) is 3.65. The zero-order chi connectivity index (χ0) is 13.1. The van der Waals surface area contributed by atoms with E-state index >= 15 is 0 Å². The predicted octanol–water partition coefficient (Wildman–Crippen LogP) is 1.48. The molecule has 1 aliphatic heterocycles. The summed E-state index contributed by atoms with van der Waals surface area (Å²) in [5.41, 5.74) is 0.836. The maximum absolute atomic E-state index is 12.4. The number of rotatable bonds is 2. The first-order valence-corrected chi connectivity index (χ1v) is 6.24. The van der Waals surface area contributed by atoms with Crippen LogP contribution in [0.1, 0.15) is 31.9 Å². The second kappa shape index (κ2) is 5.21. The average molecular weight is 246 g/mol. The summed E-state index contributed by atoms with van der Waals surface area (Å²) in [7, 11) is 0. The summed E-state index contributed by atoms with van der Waals surface area (Å²) < 4.78 is 0. The van der Waals surface area contributed by atoms with E-state index in [9.17, 15) is 9.59 Å². The third-order valence-electron chi connectivity index (χ3n) is 3.17. The Morgan fingerprint density at radius 3 is 2.50 bits per heavy atom. The fraction of sp³-hybridized carbons (Fsp3) is 0.429. The molecule has 1 unspecified atom stereocenters.